The highest BCUT2D eigenvalue weighted by atomic mass is 35.5. The summed E-state index contributed by atoms with van der Waals surface area (Å²) in [6.45, 7) is 7.77. The summed E-state index contributed by atoms with van der Waals surface area (Å²) in [6, 6.07) is 7.43. The zero-order valence-electron chi connectivity index (χ0n) is 15.6. The summed E-state index contributed by atoms with van der Waals surface area (Å²) in [6.07, 6.45) is 2.50. The van der Waals surface area contributed by atoms with Crippen molar-refractivity contribution in [2.75, 3.05) is 32.7 Å². The van der Waals surface area contributed by atoms with Crippen LogP contribution >= 0.6 is 11.6 Å². The molecule has 1 atom stereocenters. The number of hydrogen-bond donors (Lipinski definition) is 2. The van der Waals surface area contributed by atoms with E-state index >= 15 is 0 Å². The second-order valence-corrected chi connectivity index (χ2v) is 6.75. The lowest BCUT2D eigenvalue weighted by Crippen LogP contribution is -2.39. The summed E-state index contributed by atoms with van der Waals surface area (Å²) in [5, 5.41) is 7.14. The Kier molecular flexibility index (Phi) is 8.54. The van der Waals surface area contributed by atoms with E-state index in [4.69, 9.17) is 16.3 Å². The Morgan fingerprint density at radius 3 is 2.88 bits per heavy atom. The molecule has 2 rings (SSSR count). The predicted octanol–water partition coefficient (Wildman–Crippen LogP) is 2.67. The number of guanidine groups is 1. The summed E-state index contributed by atoms with van der Waals surface area (Å²) >= 11 is 6.12. The lowest BCUT2D eigenvalue weighted by Gasteiger charge is -2.17. The van der Waals surface area contributed by atoms with Crippen molar-refractivity contribution in [2.24, 2.45) is 4.99 Å². The molecule has 1 aromatic carbocycles. The summed E-state index contributed by atoms with van der Waals surface area (Å²) in [7, 11) is 0. The van der Waals surface area contributed by atoms with E-state index in [9.17, 15) is 4.79 Å². The lowest BCUT2D eigenvalue weighted by molar-refractivity contribution is -0.127. The molecule has 0 aromatic heterocycles. The number of benzene rings is 1. The molecular formula is C19H29ClN4O2. The molecule has 0 saturated carbocycles. The largest absolute Gasteiger partial charge is 0.487 e. The van der Waals surface area contributed by atoms with Crippen LogP contribution in [0.5, 0.6) is 5.75 Å². The summed E-state index contributed by atoms with van der Waals surface area (Å²) in [5.41, 5.74) is 0. The smallest absolute Gasteiger partial charge is 0.222 e. The van der Waals surface area contributed by atoms with Crippen molar-refractivity contribution in [2.45, 2.75) is 39.2 Å². The fourth-order valence-electron chi connectivity index (χ4n) is 2.77. The van der Waals surface area contributed by atoms with Crippen molar-refractivity contribution in [1.29, 1.82) is 0 Å². The molecule has 1 aromatic rings. The van der Waals surface area contributed by atoms with Gasteiger partial charge in [0.2, 0.25) is 5.91 Å². The maximum Gasteiger partial charge on any atom is 0.222 e. The molecule has 1 aliphatic rings. The molecule has 0 spiro atoms. The Hall–Kier alpha value is -1.95. The Bertz CT molecular complexity index is 609. The molecule has 26 heavy (non-hydrogen) atoms. The highest BCUT2D eigenvalue weighted by Gasteiger charge is 2.18. The van der Waals surface area contributed by atoms with Crippen LogP contribution in [0.3, 0.4) is 0 Å². The number of carbonyl (C=O) groups is 1. The van der Waals surface area contributed by atoms with E-state index in [-0.39, 0.29) is 12.0 Å². The zero-order valence-corrected chi connectivity index (χ0v) is 16.4. The fourth-order valence-corrected chi connectivity index (χ4v) is 2.95. The molecule has 1 heterocycles. The third kappa shape index (κ3) is 6.75. The number of nitrogens with zero attached hydrogens (tertiary/aromatic N) is 2. The van der Waals surface area contributed by atoms with Gasteiger partial charge in [-0.25, -0.2) is 4.99 Å². The molecule has 2 N–H and O–H groups in total. The Labute approximate surface area is 161 Å². The van der Waals surface area contributed by atoms with Crippen molar-refractivity contribution >= 4 is 23.5 Å². The maximum absolute atomic E-state index is 11.6. The minimum Gasteiger partial charge on any atom is -0.487 e. The van der Waals surface area contributed by atoms with Gasteiger partial charge in [-0.1, -0.05) is 23.7 Å². The molecule has 1 aliphatic heterocycles. The first-order chi connectivity index (χ1) is 12.6. The Balaban J connectivity index is 1.74. The van der Waals surface area contributed by atoms with Crippen LogP contribution in [0.1, 0.15) is 33.1 Å². The monoisotopic (exact) mass is 380 g/mol. The molecule has 1 unspecified atom stereocenters. The van der Waals surface area contributed by atoms with Crippen LogP contribution in [0, 0.1) is 0 Å². The van der Waals surface area contributed by atoms with Crippen LogP contribution < -0.4 is 15.4 Å². The summed E-state index contributed by atoms with van der Waals surface area (Å²) in [5.74, 6) is 1.70. The molecule has 144 valence electrons. The normalized spacial score (nSPS) is 15.9. The standard InChI is InChI=1S/C19H29ClN4O2/c1-3-21-19(22-11-7-13-24-12-6-10-18(24)25)23-14-15(2)26-17-9-5-4-8-16(17)20/h4-5,8-9,15H,3,6-7,10-14H2,1-2H3,(H2,21,22,23). The maximum atomic E-state index is 11.6. The minimum atomic E-state index is -0.0902. The van der Waals surface area contributed by atoms with Crippen LogP contribution in [0.4, 0.5) is 0 Å². The Morgan fingerprint density at radius 1 is 1.38 bits per heavy atom. The Morgan fingerprint density at radius 2 is 2.19 bits per heavy atom. The van der Waals surface area contributed by atoms with Gasteiger partial charge in [-0.05, 0) is 38.8 Å². The van der Waals surface area contributed by atoms with Crippen molar-refractivity contribution < 1.29 is 9.53 Å². The number of halogens is 1. The predicted molar refractivity (Wildman–Crippen MR) is 106 cm³/mol. The van der Waals surface area contributed by atoms with Gasteiger partial charge < -0.3 is 20.3 Å². The van der Waals surface area contributed by atoms with E-state index in [1.807, 2.05) is 43.0 Å². The number of nitrogens with one attached hydrogen (secondary N) is 2. The van der Waals surface area contributed by atoms with E-state index in [1.54, 1.807) is 0 Å². The molecule has 1 fully saturated rings. The quantitative estimate of drug-likeness (QED) is 0.392. The van der Waals surface area contributed by atoms with E-state index in [0.29, 0.717) is 23.7 Å². The number of carbonyl (C=O) groups excluding carboxylic acids is 1. The number of para-hydroxylation sites is 1. The van der Waals surface area contributed by atoms with Gasteiger partial charge >= 0.3 is 0 Å². The SMILES string of the molecule is CCNC(=NCC(C)Oc1ccccc1Cl)NCCCN1CCCC1=O. The first-order valence-corrected chi connectivity index (χ1v) is 9.69. The third-order valence-electron chi connectivity index (χ3n) is 4.08. The number of hydrogen-bond acceptors (Lipinski definition) is 3. The molecule has 7 heteroatoms. The number of ether oxygens (including phenoxy) is 1. The molecule has 6 nitrogen and oxygen atoms in total. The lowest BCUT2D eigenvalue weighted by atomic mass is 10.3. The first kappa shape index (κ1) is 20.4. The van der Waals surface area contributed by atoms with E-state index in [2.05, 4.69) is 15.6 Å². The molecule has 0 aliphatic carbocycles. The van der Waals surface area contributed by atoms with Crippen molar-refractivity contribution in [3.8, 4) is 5.75 Å². The summed E-state index contributed by atoms with van der Waals surface area (Å²) in [4.78, 5) is 18.1. The molecular weight excluding hydrogens is 352 g/mol. The fraction of sp³-hybridized carbons (Fsp3) is 0.579. The van der Waals surface area contributed by atoms with Crippen LogP contribution in [0.15, 0.2) is 29.3 Å². The zero-order chi connectivity index (χ0) is 18.8. The van der Waals surface area contributed by atoms with Crippen LogP contribution in [0.2, 0.25) is 5.02 Å². The molecule has 0 radical (unpaired) electrons. The molecule has 1 saturated heterocycles. The second kappa shape index (κ2) is 10.9. The van der Waals surface area contributed by atoms with E-state index in [0.717, 1.165) is 45.0 Å². The average Bonchev–Trinajstić information content (AvgIpc) is 3.03. The highest BCUT2D eigenvalue weighted by Crippen LogP contribution is 2.24. The van der Waals surface area contributed by atoms with Crippen molar-refractivity contribution in [1.82, 2.24) is 15.5 Å². The number of amides is 1. The van der Waals surface area contributed by atoms with Crippen molar-refractivity contribution in [3.05, 3.63) is 29.3 Å². The van der Waals surface area contributed by atoms with Gasteiger partial charge in [-0.3, -0.25) is 4.79 Å². The molecule has 0 bridgehead atoms. The number of likely N-dealkylation sites (tertiary alicyclic amines) is 1. The van der Waals surface area contributed by atoms with Gasteiger partial charge in [0.1, 0.15) is 11.9 Å². The number of rotatable bonds is 9. The number of aliphatic imine (C=N–C) groups is 1. The summed E-state index contributed by atoms with van der Waals surface area (Å²) < 4.78 is 5.84. The van der Waals surface area contributed by atoms with E-state index in [1.165, 1.54) is 0 Å². The minimum absolute atomic E-state index is 0.0902. The van der Waals surface area contributed by atoms with Gasteiger partial charge in [0.05, 0.1) is 11.6 Å². The molecule has 1 amide bonds. The van der Waals surface area contributed by atoms with Gasteiger partial charge in [0.15, 0.2) is 5.96 Å². The van der Waals surface area contributed by atoms with Crippen LogP contribution in [-0.4, -0.2) is 55.6 Å². The van der Waals surface area contributed by atoms with Gasteiger partial charge in [0.25, 0.3) is 0 Å². The van der Waals surface area contributed by atoms with E-state index < -0.39 is 0 Å². The van der Waals surface area contributed by atoms with Crippen LogP contribution in [0.25, 0.3) is 0 Å². The van der Waals surface area contributed by atoms with Crippen molar-refractivity contribution in [3.63, 3.8) is 0 Å². The topological polar surface area (TPSA) is 66.0 Å². The van der Waals surface area contributed by atoms with Gasteiger partial charge in [0, 0.05) is 32.6 Å². The van der Waals surface area contributed by atoms with Crippen LogP contribution in [-0.2, 0) is 4.79 Å². The third-order valence-corrected chi connectivity index (χ3v) is 4.40. The average molecular weight is 381 g/mol. The van der Waals surface area contributed by atoms with Gasteiger partial charge in [-0.2, -0.15) is 0 Å². The first-order valence-electron chi connectivity index (χ1n) is 9.31. The highest BCUT2D eigenvalue weighted by molar-refractivity contribution is 6.32. The second-order valence-electron chi connectivity index (χ2n) is 6.34. The van der Waals surface area contributed by atoms with Gasteiger partial charge in [-0.15, -0.1) is 0 Å².